The number of phenolic OH excluding ortho intramolecular Hbond substituents is 1. The highest BCUT2D eigenvalue weighted by atomic mass is 32.2. The van der Waals surface area contributed by atoms with E-state index in [9.17, 15) is 14.7 Å². The zero-order valence-corrected chi connectivity index (χ0v) is 14.7. The first-order valence-electron chi connectivity index (χ1n) is 7.59. The van der Waals surface area contributed by atoms with Gasteiger partial charge in [-0.25, -0.2) is 0 Å². The second kappa shape index (κ2) is 7.28. The van der Waals surface area contributed by atoms with Crippen LogP contribution in [0.4, 0.5) is 0 Å². The number of hydrogen-bond donors (Lipinski definition) is 2. The first-order chi connectivity index (χ1) is 11.9. The summed E-state index contributed by atoms with van der Waals surface area (Å²) >= 11 is 6.41. The minimum absolute atomic E-state index is 0.00459. The van der Waals surface area contributed by atoms with Gasteiger partial charge < -0.3 is 14.9 Å². The van der Waals surface area contributed by atoms with Gasteiger partial charge in [-0.2, -0.15) is 0 Å². The summed E-state index contributed by atoms with van der Waals surface area (Å²) in [6.07, 6.45) is 4.19. The second-order valence-corrected chi connectivity index (χ2v) is 7.29. The molecule has 130 valence electrons. The first-order valence-corrected chi connectivity index (χ1v) is 8.81. The van der Waals surface area contributed by atoms with Crippen LogP contribution in [0, 0.1) is 0 Å². The Morgan fingerprint density at radius 2 is 2.24 bits per heavy atom. The van der Waals surface area contributed by atoms with Crippen LogP contribution < -0.4 is 4.74 Å². The molecule has 2 heterocycles. The van der Waals surface area contributed by atoms with Crippen molar-refractivity contribution in [1.82, 2.24) is 4.90 Å². The van der Waals surface area contributed by atoms with E-state index in [2.05, 4.69) is 0 Å². The van der Waals surface area contributed by atoms with Crippen LogP contribution in [0.25, 0.3) is 0 Å². The van der Waals surface area contributed by atoms with Gasteiger partial charge in [0.1, 0.15) is 15.8 Å². The van der Waals surface area contributed by atoms with Crippen molar-refractivity contribution in [3.63, 3.8) is 0 Å². The van der Waals surface area contributed by atoms with Crippen molar-refractivity contribution in [2.45, 2.75) is 19.3 Å². The Kier molecular flexibility index (Phi) is 5.10. The molecule has 2 N–H and O–H groups in total. The summed E-state index contributed by atoms with van der Waals surface area (Å²) in [5.41, 5.74) is 1.63. The summed E-state index contributed by atoms with van der Waals surface area (Å²) in [6.45, 7) is 0.292. The largest absolute Gasteiger partial charge is 0.508 e. The number of allylic oxidation sites excluding steroid dienone is 2. The molecule has 0 unspecified atom stereocenters. The lowest BCUT2D eigenvalue weighted by atomic mass is 10.0. The van der Waals surface area contributed by atoms with Crippen LogP contribution in [0.5, 0.6) is 11.5 Å². The average Bonchev–Trinajstić information content (AvgIpc) is 2.81. The Morgan fingerprint density at radius 3 is 3.00 bits per heavy atom. The molecule has 3 rings (SSSR count). The number of ether oxygens (including phenoxy) is 1. The van der Waals surface area contributed by atoms with E-state index in [1.807, 2.05) is 0 Å². The van der Waals surface area contributed by atoms with Crippen LogP contribution in [0.15, 0.2) is 41.0 Å². The molecule has 2 aliphatic rings. The fraction of sp³-hybridized carbons (Fsp3) is 0.235. The van der Waals surface area contributed by atoms with Crippen molar-refractivity contribution >= 4 is 40.2 Å². The highest BCUT2D eigenvalue weighted by Gasteiger charge is 2.32. The number of hydrogen-bond acceptors (Lipinski definition) is 6. The predicted molar refractivity (Wildman–Crippen MR) is 97.4 cm³/mol. The SMILES string of the molecule is O=C(O)CCCN1C(=O)C(=CC2=COc3ccc(O)cc3C2)SC1=S. The molecule has 8 heteroatoms. The van der Waals surface area contributed by atoms with Gasteiger partial charge in [0.15, 0.2) is 0 Å². The zero-order valence-electron chi connectivity index (χ0n) is 13.1. The van der Waals surface area contributed by atoms with Crippen molar-refractivity contribution in [3.05, 3.63) is 46.6 Å². The Balaban J connectivity index is 1.70. The predicted octanol–water partition coefficient (Wildman–Crippen LogP) is 2.82. The molecule has 0 saturated carbocycles. The third-order valence-corrected chi connectivity index (χ3v) is 5.12. The molecule has 0 bridgehead atoms. The van der Waals surface area contributed by atoms with E-state index < -0.39 is 5.97 Å². The van der Waals surface area contributed by atoms with E-state index in [0.29, 0.717) is 34.4 Å². The number of benzene rings is 1. The normalized spacial score (nSPS) is 18.2. The molecule has 2 aliphatic heterocycles. The van der Waals surface area contributed by atoms with Crippen molar-refractivity contribution in [2.75, 3.05) is 6.54 Å². The Morgan fingerprint density at radius 1 is 1.44 bits per heavy atom. The quantitative estimate of drug-likeness (QED) is 0.603. The molecule has 6 nitrogen and oxygen atoms in total. The second-order valence-electron chi connectivity index (χ2n) is 5.61. The summed E-state index contributed by atoms with van der Waals surface area (Å²) in [7, 11) is 0. The van der Waals surface area contributed by atoms with Crippen LogP contribution in [-0.2, 0) is 16.0 Å². The number of amides is 1. The lowest BCUT2D eigenvalue weighted by Crippen LogP contribution is -2.29. The van der Waals surface area contributed by atoms with Gasteiger partial charge in [0, 0.05) is 24.9 Å². The number of carboxylic acid groups (broad SMARTS) is 1. The van der Waals surface area contributed by atoms with Crippen LogP contribution in [0.1, 0.15) is 18.4 Å². The number of aliphatic carboxylic acids is 1. The van der Waals surface area contributed by atoms with E-state index >= 15 is 0 Å². The molecule has 0 aromatic heterocycles. The third kappa shape index (κ3) is 4.02. The maximum Gasteiger partial charge on any atom is 0.303 e. The van der Waals surface area contributed by atoms with Gasteiger partial charge in [0.2, 0.25) is 0 Å². The molecule has 25 heavy (non-hydrogen) atoms. The lowest BCUT2D eigenvalue weighted by molar-refractivity contribution is -0.137. The maximum absolute atomic E-state index is 12.5. The minimum atomic E-state index is -0.896. The van der Waals surface area contributed by atoms with E-state index in [4.69, 9.17) is 22.1 Å². The monoisotopic (exact) mass is 377 g/mol. The standard InChI is InChI=1S/C17H15NO5S2/c19-12-3-4-13-11(8-12)6-10(9-23-13)7-14-16(22)18(17(24)25-14)5-1-2-15(20)21/h3-4,7-9,19H,1-2,5-6H2,(H,20,21). The number of phenols is 1. The number of rotatable bonds is 5. The van der Waals surface area contributed by atoms with Crippen LogP contribution in [-0.4, -0.2) is 37.9 Å². The number of aromatic hydroxyl groups is 1. The average molecular weight is 377 g/mol. The summed E-state index contributed by atoms with van der Waals surface area (Å²) in [5, 5.41) is 18.3. The van der Waals surface area contributed by atoms with Gasteiger partial charge in [0.05, 0.1) is 11.2 Å². The highest BCUT2D eigenvalue weighted by molar-refractivity contribution is 8.26. The Bertz CT molecular complexity index is 815. The number of carboxylic acids is 1. The Labute approximate surface area is 153 Å². The molecule has 1 aromatic rings. The summed E-state index contributed by atoms with van der Waals surface area (Å²) in [4.78, 5) is 25.0. The summed E-state index contributed by atoms with van der Waals surface area (Å²) in [5.74, 6) is -0.278. The molecule has 0 aliphatic carbocycles. The summed E-state index contributed by atoms with van der Waals surface area (Å²) in [6, 6.07) is 4.88. The number of carbonyl (C=O) groups excluding carboxylic acids is 1. The van der Waals surface area contributed by atoms with Crippen molar-refractivity contribution in [3.8, 4) is 11.5 Å². The number of fused-ring (bicyclic) bond motifs is 1. The molecular weight excluding hydrogens is 362 g/mol. The van der Waals surface area contributed by atoms with Gasteiger partial charge in [-0.05, 0) is 36.3 Å². The fourth-order valence-corrected chi connectivity index (χ4v) is 3.88. The molecule has 1 fully saturated rings. The van der Waals surface area contributed by atoms with Crippen molar-refractivity contribution in [2.24, 2.45) is 0 Å². The van der Waals surface area contributed by atoms with Crippen LogP contribution in [0.2, 0.25) is 0 Å². The van der Waals surface area contributed by atoms with Crippen molar-refractivity contribution in [1.29, 1.82) is 0 Å². The molecule has 1 amide bonds. The number of thioether (sulfide) groups is 1. The number of carbonyl (C=O) groups is 2. The molecular formula is C17H15NO5S2. The van der Waals surface area contributed by atoms with E-state index in [1.165, 1.54) is 16.7 Å². The van der Waals surface area contributed by atoms with Gasteiger partial charge in [-0.15, -0.1) is 0 Å². The molecule has 0 spiro atoms. The first kappa shape index (κ1) is 17.5. The van der Waals surface area contributed by atoms with Gasteiger partial charge in [-0.3, -0.25) is 14.5 Å². The third-order valence-electron chi connectivity index (χ3n) is 3.74. The highest BCUT2D eigenvalue weighted by Crippen LogP contribution is 2.35. The number of thiocarbonyl (C=S) groups is 1. The zero-order chi connectivity index (χ0) is 18.0. The van der Waals surface area contributed by atoms with Gasteiger partial charge in [-0.1, -0.05) is 24.0 Å². The van der Waals surface area contributed by atoms with Gasteiger partial charge in [0.25, 0.3) is 5.91 Å². The molecule has 1 saturated heterocycles. The minimum Gasteiger partial charge on any atom is -0.508 e. The smallest absolute Gasteiger partial charge is 0.303 e. The topological polar surface area (TPSA) is 87.1 Å². The fourth-order valence-electron chi connectivity index (χ4n) is 2.55. The summed E-state index contributed by atoms with van der Waals surface area (Å²) < 4.78 is 5.96. The van der Waals surface area contributed by atoms with E-state index in [-0.39, 0.29) is 18.1 Å². The number of nitrogens with zero attached hydrogens (tertiary/aromatic N) is 1. The van der Waals surface area contributed by atoms with Gasteiger partial charge >= 0.3 is 5.97 Å². The molecule has 1 aromatic carbocycles. The maximum atomic E-state index is 12.5. The van der Waals surface area contributed by atoms with Crippen LogP contribution >= 0.6 is 24.0 Å². The van der Waals surface area contributed by atoms with Crippen LogP contribution in [0.3, 0.4) is 0 Å². The van der Waals surface area contributed by atoms with E-state index in [0.717, 1.165) is 11.1 Å². The lowest BCUT2D eigenvalue weighted by Gasteiger charge is -2.16. The molecule has 0 atom stereocenters. The Hall–Kier alpha value is -2.32. The van der Waals surface area contributed by atoms with E-state index in [1.54, 1.807) is 30.5 Å². The molecule has 0 radical (unpaired) electrons. The van der Waals surface area contributed by atoms with Crippen molar-refractivity contribution < 1.29 is 24.5 Å².